The lowest BCUT2D eigenvalue weighted by molar-refractivity contribution is 0.0562. The van der Waals surface area contributed by atoms with E-state index in [0.29, 0.717) is 24.4 Å². The first-order valence-electron chi connectivity index (χ1n) is 14.7. The van der Waals surface area contributed by atoms with Gasteiger partial charge in [-0.25, -0.2) is 14.3 Å². The zero-order valence-corrected chi connectivity index (χ0v) is 28.4. The Balaban J connectivity index is 1.55. The van der Waals surface area contributed by atoms with Crippen molar-refractivity contribution in [2.45, 2.75) is 77.4 Å². The second kappa shape index (κ2) is 15.3. The summed E-state index contributed by atoms with van der Waals surface area (Å²) >= 11 is 3.94. The second-order valence-corrected chi connectivity index (χ2v) is 15.0. The van der Waals surface area contributed by atoms with Gasteiger partial charge in [-0.15, -0.1) is 10.8 Å². The Bertz CT molecular complexity index is 1210. The molecule has 238 valence electrons. The average molecular weight is 674 g/mol. The van der Waals surface area contributed by atoms with Crippen molar-refractivity contribution >= 4 is 49.7 Å². The molecule has 1 aromatic carbocycles. The Labute approximate surface area is 260 Å². The third kappa shape index (κ3) is 10.1. The van der Waals surface area contributed by atoms with Crippen molar-refractivity contribution in [3.05, 3.63) is 33.9 Å². The summed E-state index contributed by atoms with van der Waals surface area (Å²) in [6, 6.07) is 5.89. The number of carbonyl (C=O) groups excluding carboxylic acids is 2. The molecule has 1 saturated carbocycles. The van der Waals surface area contributed by atoms with Crippen LogP contribution >= 0.6 is 26.7 Å². The Kier molecular flexibility index (Phi) is 12.6. The number of likely N-dealkylation sites (N-methyl/N-ethyl adjacent to an activating group) is 2. The van der Waals surface area contributed by atoms with Gasteiger partial charge in [0.15, 0.2) is 0 Å². The maximum Gasteiger partial charge on any atom is 0.426 e. The number of amides is 1. The first-order chi connectivity index (χ1) is 19.7. The number of nitrogens with one attached hydrogen (secondary N) is 1. The lowest BCUT2D eigenvalue weighted by Crippen LogP contribution is -2.36. The van der Waals surface area contributed by atoms with Gasteiger partial charge in [0.1, 0.15) is 5.60 Å². The number of carbonyl (C=O) groups is 2. The summed E-state index contributed by atoms with van der Waals surface area (Å²) in [6.45, 7) is 9.06. The van der Waals surface area contributed by atoms with Crippen LogP contribution in [0.5, 0.6) is 0 Å². The molecule has 0 atom stereocenters. The fourth-order valence-corrected chi connectivity index (χ4v) is 7.29. The van der Waals surface area contributed by atoms with Crippen LogP contribution in [0, 0.1) is 0 Å². The second-order valence-electron chi connectivity index (χ2n) is 12.3. The minimum Gasteiger partial charge on any atom is -0.465 e. The van der Waals surface area contributed by atoms with Gasteiger partial charge in [0, 0.05) is 31.6 Å². The first-order valence-corrected chi connectivity index (χ1v) is 17.3. The van der Waals surface area contributed by atoms with Crippen molar-refractivity contribution < 1.29 is 28.2 Å². The molecule has 12 heteroatoms. The average Bonchev–Trinajstić information content (AvgIpc) is 3.19. The lowest BCUT2D eigenvalue weighted by atomic mass is 9.84. The summed E-state index contributed by atoms with van der Waals surface area (Å²) in [5.41, 5.74) is 2.25. The molecule has 1 aliphatic carbocycles. The molecule has 1 heterocycles. The molecule has 0 spiro atoms. The summed E-state index contributed by atoms with van der Waals surface area (Å²) in [5, 5.41) is 1.20. The van der Waals surface area contributed by atoms with Crippen LogP contribution in [-0.2, 0) is 16.0 Å². The van der Waals surface area contributed by atoms with Gasteiger partial charge in [0.2, 0.25) is 0 Å². The molecule has 1 aliphatic rings. The Morgan fingerprint density at radius 3 is 2.33 bits per heavy atom. The zero-order chi connectivity index (χ0) is 31.1. The topological polar surface area (TPSA) is 117 Å². The number of hydrogen-bond acceptors (Lipinski definition) is 8. The number of hydrogen-bond donors (Lipinski definition) is 3. The number of fused-ring (bicyclic) bond motifs is 1. The van der Waals surface area contributed by atoms with Crippen LogP contribution in [0.4, 0.5) is 4.79 Å². The number of esters is 1. The zero-order valence-electron chi connectivity index (χ0n) is 25.9. The molecule has 1 fully saturated rings. The fraction of sp³-hybridized carbons (Fsp3) is 0.667. The number of aromatic nitrogens is 1. The van der Waals surface area contributed by atoms with Crippen LogP contribution in [0.3, 0.4) is 0 Å². The quantitative estimate of drug-likeness (QED) is 0.202. The molecule has 0 aliphatic heterocycles. The van der Waals surface area contributed by atoms with Gasteiger partial charge in [-0.3, -0.25) is 9.11 Å². The lowest BCUT2D eigenvalue weighted by Gasteiger charge is -2.34. The Morgan fingerprint density at radius 2 is 1.71 bits per heavy atom. The molecule has 3 N–H and O–H groups in total. The van der Waals surface area contributed by atoms with E-state index in [1.165, 1.54) is 50.2 Å². The van der Waals surface area contributed by atoms with Gasteiger partial charge in [-0.2, -0.15) is 0 Å². The van der Waals surface area contributed by atoms with Crippen LogP contribution in [0.15, 0.2) is 22.8 Å². The fourth-order valence-electron chi connectivity index (χ4n) is 5.44. The van der Waals surface area contributed by atoms with E-state index in [1.54, 1.807) is 20.8 Å². The molecule has 0 saturated heterocycles. The molecule has 0 unspecified atom stereocenters. The summed E-state index contributed by atoms with van der Waals surface area (Å²) in [4.78, 5) is 28.6. The molecule has 0 radical (unpaired) electrons. The van der Waals surface area contributed by atoms with Crippen molar-refractivity contribution in [3.8, 4) is 0 Å². The van der Waals surface area contributed by atoms with Crippen LogP contribution in [0.1, 0.15) is 81.1 Å². The van der Waals surface area contributed by atoms with E-state index in [2.05, 4.69) is 48.1 Å². The van der Waals surface area contributed by atoms with Crippen molar-refractivity contribution in [2.24, 2.45) is 0 Å². The van der Waals surface area contributed by atoms with Crippen molar-refractivity contribution in [1.82, 2.24) is 19.1 Å². The van der Waals surface area contributed by atoms with E-state index in [1.807, 2.05) is 19.2 Å². The molecular formula is C30H49BrN4O6S. The van der Waals surface area contributed by atoms with Gasteiger partial charge in [-0.05, 0) is 100 Å². The molecule has 0 bridgehead atoms. The first kappa shape index (κ1) is 34.7. The maximum absolute atomic E-state index is 12.3. The summed E-state index contributed by atoms with van der Waals surface area (Å²) in [5.74, 6) is 0.255. The van der Waals surface area contributed by atoms with Crippen molar-refractivity contribution in [2.75, 3.05) is 53.1 Å². The number of halogens is 1. The van der Waals surface area contributed by atoms with E-state index in [-0.39, 0.29) is 11.7 Å². The van der Waals surface area contributed by atoms with E-state index >= 15 is 0 Å². The minimum absolute atomic E-state index is 0.0675. The third-order valence-electron chi connectivity index (χ3n) is 7.66. The Morgan fingerprint density at radius 1 is 1.07 bits per heavy atom. The third-order valence-corrected chi connectivity index (χ3v) is 9.86. The number of methoxy groups -OCH3 is 1. The van der Waals surface area contributed by atoms with Gasteiger partial charge >= 0.3 is 12.1 Å². The van der Waals surface area contributed by atoms with E-state index in [0.717, 1.165) is 36.3 Å². The predicted molar refractivity (Wildman–Crippen MR) is 173 cm³/mol. The van der Waals surface area contributed by atoms with Gasteiger partial charge in [-0.1, -0.05) is 25.3 Å². The van der Waals surface area contributed by atoms with Gasteiger partial charge in [0.25, 0.3) is 0 Å². The van der Waals surface area contributed by atoms with Gasteiger partial charge in [0.05, 0.1) is 28.5 Å². The largest absolute Gasteiger partial charge is 0.465 e. The van der Waals surface area contributed by atoms with E-state index in [4.69, 9.17) is 9.47 Å². The number of nitrogens with zero attached hydrogens (tertiary/aromatic N) is 3. The minimum atomic E-state index is -3.26. The predicted octanol–water partition coefficient (Wildman–Crippen LogP) is 6.68. The monoisotopic (exact) mass is 672 g/mol. The SMILES string of the molecule is COC(=O)c1ccc2c(C3CCCCC3)c(Br)n(CCN(C)CCN(C)CCCS(O)(O)NC(=O)OC(C)(C)C)c2c1. The van der Waals surface area contributed by atoms with Gasteiger partial charge < -0.3 is 23.8 Å². The number of benzene rings is 1. The van der Waals surface area contributed by atoms with E-state index in [9.17, 15) is 18.7 Å². The molecule has 2 aromatic rings. The van der Waals surface area contributed by atoms with Crippen LogP contribution < -0.4 is 4.72 Å². The molecule has 1 aromatic heterocycles. The molecule has 10 nitrogen and oxygen atoms in total. The van der Waals surface area contributed by atoms with Crippen LogP contribution in [-0.4, -0.2) is 94.3 Å². The highest BCUT2D eigenvalue weighted by Gasteiger charge is 2.26. The van der Waals surface area contributed by atoms with E-state index < -0.39 is 22.5 Å². The maximum atomic E-state index is 12.3. The molecule has 3 rings (SSSR count). The standard InChI is InChI=1S/C30H49BrN4O6S/c1-30(2,3)41-29(37)32-42(38,39)20-10-15-33(4)16-17-34(5)18-19-35-25-21-23(28(36)40-6)13-14-24(25)26(27(35)31)22-11-8-7-9-12-22/h13-14,21-22,38-39H,7-12,15-20H2,1-6H3,(H,32,37). The number of ether oxygens (including phenoxy) is 2. The highest BCUT2D eigenvalue weighted by atomic mass is 79.9. The highest BCUT2D eigenvalue weighted by molar-refractivity contribution is 9.10. The normalized spacial score (nSPS) is 15.4. The van der Waals surface area contributed by atoms with Crippen molar-refractivity contribution in [3.63, 3.8) is 0 Å². The molecule has 42 heavy (non-hydrogen) atoms. The highest BCUT2D eigenvalue weighted by Crippen LogP contribution is 2.42. The van der Waals surface area contributed by atoms with Crippen molar-refractivity contribution in [1.29, 1.82) is 0 Å². The summed E-state index contributed by atoms with van der Waals surface area (Å²) in [7, 11) is 2.25. The van der Waals surface area contributed by atoms with Crippen LogP contribution in [0.2, 0.25) is 0 Å². The van der Waals surface area contributed by atoms with Crippen LogP contribution in [0.25, 0.3) is 10.9 Å². The number of rotatable bonds is 13. The summed E-state index contributed by atoms with van der Waals surface area (Å²) < 4.78 is 36.1. The summed E-state index contributed by atoms with van der Waals surface area (Å²) in [6.07, 6.45) is 5.87. The molecular weight excluding hydrogens is 624 g/mol. The Hall–Kier alpha value is -1.83. The molecule has 1 amide bonds. The smallest absolute Gasteiger partial charge is 0.426 e.